The summed E-state index contributed by atoms with van der Waals surface area (Å²) in [6, 6.07) is 10.2. The normalized spacial score (nSPS) is 11.1. The van der Waals surface area contributed by atoms with Gasteiger partial charge in [0, 0.05) is 24.2 Å². The number of halogens is 2. The van der Waals surface area contributed by atoms with Crippen LogP contribution in [-0.4, -0.2) is 14.5 Å². The van der Waals surface area contributed by atoms with Gasteiger partial charge in [-0.3, -0.25) is 0 Å². The molecule has 90 valence electrons. The number of benzene rings is 1. The van der Waals surface area contributed by atoms with Crippen LogP contribution in [0.3, 0.4) is 0 Å². The third-order valence-electron chi connectivity index (χ3n) is 2.89. The highest BCUT2D eigenvalue weighted by molar-refractivity contribution is 14.1. The summed E-state index contributed by atoms with van der Waals surface area (Å²) >= 11 is 8.19. The Morgan fingerprint density at radius 2 is 1.94 bits per heavy atom. The topological polar surface area (TPSA) is 30.7 Å². The van der Waals surface area contributed by atoms with Gasteiger partial charge in [0.05, 0.1) is 3.70 Å². The van der Waals surface area contributed by atoms with E-state index in [4.69, 9.17) is 11.6 Å². The minimum atomic E-state index is 0.277. The third kappa shape index (κ3) is 1.80. The Labute approximate surface area is 123 Å². The highest BCUT2D eigenvalue weighted by atomic mass is 127. The highest BCUT2D eigenvalue weighted by Crippen LogP contribution is 2.34. The quantitative estimate of drug-likeness (QED) is 0.481. The summed E-state index contributed by atoms with van der Waals surface area (Å²) in [6.45, 7) is 0. The number of aromatic nitrogens is 3. The number of hydrogen-bond acceptors (Lipinski definition) is 2. The summed E-state index contributed by atoms with van der Waals surface area (Å²) < 4.78 is 3.16. The van der Waals surface area contributed by atoms with E-state index in [0.717, 1.165) is 20.3 Å². The van der Waals surface area contributed by atoms with Gasteiger partial charge in [0.25, 0.3) is 0 Å². The van der Waals surface area contributed by atoms with Crippen LogP contribution >= 0.6 is 34.2 Å². The van der Waals surface area contributed by atoms with E-state index in [0.29, 0.717) is 0 Å². The van der Waals surface area contributed by atoms with Gasteiger partial charge >= 0.3 is 0 Å². The highest BCUT2D eigenvalue weighted by Gasteiger charge is 2.16. The molecular formula is C13H9ClIN3. The van der Waals surface area contributed by atoms with Crippen LogP contribution in [0.2, 0.25) is 5.28 Å². The summed E-state index contributed by atoms with van der Waals surface area (Å²) in [5, 5.41) is 1.30. The van der Waals surface area contributed by atoms with E-state index in [9.17, 15) is 0 Å². The van der Waals surface area contributed by atoms with E-state index in [-0.39, 0.29) is 5.28 Å². The van der Waals surface area contributed by atoms with Gasteiger partial charge in [0.1, 0.15) is 5.65 Å². The lowest BCUT2D eigenvalue weighted by Crippen LogP contribution is -1.93. The first kappa shape index (κ1) is 11.9. The molecule has 0 atom stereocenters. The SMILES string of the molecule is Cn1c(I)c(-c2ccccc2)c2cnc(Cl)nc21. The lowest BCUT2D eigenvalue weighted by molar-refractivity contribution is 0.917. The van der Waals surface area contributed by atoms with Gasteiger partial charge < -0.3 is 4.57 Å². The summed E-state index contributed by atoms with van der Waals surface area (Å²) in [5.74, 6) is 0. The second-order valence-electron chi connectivity index (χ2n) is 3.97. The van der Waals surface area contributed by atoms with Crippen molar-refractivity contribution in [2.24, 2.45) is 7.05 Å². The average molecular weight is 370 g/mol. The van der Waals surface area contributed by atoms with E-state index in [2.05, 4.69) is 44.7 Å². The van der Waals surface area contributed by atoms with Gasteiger partial charge in [0.15, 0.2) is 0 Å². The molecule has 0 spiro atoms. The summed E-state index contributed by atoms with van der Waals surface area (Å²) in [6.07, 6.45) is 1.79. The third-order valence-corrected chi connectivity index (χ3v) is 4.33. The fourth-order valence-corrected chi connectivity index (χ4v) is 2.99. The zero-order valence-corrected chi connectivity index (χ0v) is 12.5. The molecule has 2 aromatic heterocycles. The minimum Gasteiger partial charge on any atom is -0.323 e. The molecule has 0 saturated carbocycles. The van der Waals surface area contributed by atoms with Crippen LogP contribution in [0.15, 0.2) is 36.5 Å². The molecule has 5 heteroatoms. The van der Waals surface area contributed by atoms with Crippen molar-refractivity contribution >= 4 is 45.2 Å². The molecule has 3 nitrogen and oxygen atoms in total. The first-order valence-corrected chi connectivity index (χ1v) is 6.86. The van der Waals surface area contributed by atoms with E-state index < -0.39 is 0 Å². The molecule has 0 unspecified atom stereocenters. The van der Waals surface area contributed by atoms with Crippen LogP contribution < -0.4 is 0 Å². The van der Waals surface area contributed by atoms with E-state index >= 15 is 0 Å². The number of aryl methyl sites for hydroxylation is 1. The van der Waals surface area contributed by atoms with Gasteiger partial charge in [-0.15, -0.1) is 0 Å². The summed E-state index contributed by atoms with van der Waals surface area (Å²) in [5.41, 5.74) is 3.18. The molecule has 3 rings (SSSR count). The number of rotatable bonds is 1. The van der Waals surface area contributed by atoms with E-state index in [1.54, 1.807) is 6.20 Å². The first-order chi connectivity index (χ1) is 8.68. The van der Waals surface area contributed by atoms with Crippen LogP contribution in [0.1, 0.15) is 0 Å². The second kappa shape index (κ2) is 4.51. The Balaban J connectivity index is 2.40. The summed E-state index contributed by atoms with van der Waals surface area (Å²) in [4.78, 5) is 8.38. The molecule has 0 aliphatic rings. The van der Waals surface area contributed by atoms with Gasteiger partial charge in [-0.2, -0.15) is 4.98 Å². The summed E-state index contributed by atoms with van der Waals surface area (Å²) in [7, 11) is 1.99. The van der Waals surface area contributed by atoms with Crippen molar-refractivity contribution in [3.05, 3.63) is 45.5 Å². The Morgan fingerprint density at radius 3 is 2.67 bits per heavy atom. The Morgan fingerprint density at radius 1 is 1.22 bits per heavy atom. The van der Waals surface area contributed by atoms with Gasteiger partial charge in [-0.25, -0.2) is 4.98 Å². The monoisotopic (exact) mass is 369 g/mol. The largest absolute Gasteiger partial charge is 0.323 e. The van der Waals surface area contributed by atoms with Crippen LogP contribution in [0.4, 0.5) is 0 Å². The molecule has 0 aliphatic carbocycles. The van der Waals surface area contributed by atoms with Crippen molar-refractivity contribution < 1.29 is 0 Å². The fourth-order valence-electron chi connectivity index (χ4n) is 2.04. The number of nitrogens with zero attached hydrogens (tertiary/aromatic N) is 3. The Hall–Kier alpha value is -1.14. The number of fused-ring (bicyclic) bond motifs is 1. The van der Waals surface area contributed by atoms with Gasteiger partial charge in [-0.1, -0.05) is 30.3 Å². The standard InChI is InChI=1S/C13H9ClIN3/c1-18-11(15)10(8-5-3-2-4-6-8)9-7-16-13(14)17-12(9)18/h2-7H,1H3. The van der Waals surface area contributed by atoms with E-state index in [1.165, 1.54) is 5.56 Å². The second-order valence-corrected chi connectivity index (χ2v) is 5.33. The van der Waals surface area contributed by atoms with Crippen molar-refractivity contribution in [3.8, 4) is 11.1 Å². The van der Waals surface area contributed by atoms with Crippen molar-refractivity contribution in [1.29, 1.82) is 0 Å². The average Bonchev–Trinajstić information content (AvgIpc) is 2.64. The Bertz CT molecular complexity index is 722. The molecule has 0 radical (unpaired) electrons. The molecule has 0 bridgehead atoms. The molecule has 0 N–H and O–H groups in total. The van der Waals surface area contributed by atoms with Gasteiger partial charge in [0.2, 0.25) is 5.28 Å². The van der Waals surface area contributed by atoms with Crippen molar-refractivity contribution in [3.63, 3.8) is 0 Å². The number of hydrogen-bond donors (Lipinski definition) is 0. The maximum atomic E-state index is 5.86. The molecule has 0 fully saturated rings. The molecule has 0 amide bonds. The lowest BCUT2D eigenvalue weighted by atomic mass is 10.1. The Kier molecular flexibility index (Phi) is 2.99. The van der Waals surface area contributed by atoms with Crippen molar-refractivity contribution in [2.45, 2.75) is 0 Å². The lowest BCUT2D eigenvalue weighted by Gasteiger charge is -2.00. The maximum Gasteiger partial charge on any atom is 0.224 e. The molecule has 1 aromatic carbocycles. The molecular weight excluding hydrogens is 361 g/mol. The van der Waals surface area contributed by atoms with Gasteiger partial charge in [-0.05, 0) is 39.8 Å². The van der Waals surface area contributed by atoms with Crippen LogP contribution in [0.25, 0.3) is 22.2 Å². The fraction of sp³-hybridized carbons (Fsp3) is 0.0769. The maximum absolute atomic E-state index is 5.86. The zero-order chi connectivity index (χ0) is 12.7. The molecule has 3 aromatic rings. The molecule has 0 saturated heterocycles. The predicted octanol–water partition coefficient (Wildman–Crippen LogP) is 3.89. The predicted molar refractivity (Wildman–Crippen MR) is 81.7 cm³/mol. The van der Waals surface area contributed by atoms with Crippen molar-refractivity contribution in [2.75, 3.05) is 0 Å². The molecule has 18 heavy (non-hydrogen) atoms. The zero-order valence-electron chi connectivity index (χ0n) is 9.56. The van der Waals surface area contributed by atoms with E-state index in [1.807, 2.05) is 29.8 Å². The first-order valence-electron chi connectivity index (χ1n) is 5.40. The van der Waals surface area contributed by atoms with Crippen molar-refractivity contribution in [1.82, 2.24) is 14.5 Å². The van der Waals surface area contributed by atoms with Crippen LogP contribution in [0.5, 0.6) is 0 Å². The minimum absolute atomic E-state index is 0.277. The van der Waals surface area contributed by atoms with Crippen LogP contribution in [0, 0.1) is 3.70 Å². The smallest absolute Gasteiger partial charge is 0.224 e. The molecule has 2 heterocycles. The van der Waals surface area contributed by atoms with Crippen LogP contribution in [-0.2, 0) is 7.05 Å². The molecule has 0 aliphatic heterocycles.